The first-order valence-corrected chi connectivity index (χ1v) is 4.59. The van der Waals surface area contributed by atoms with E-state index in [2.05, 4.69) is 8.77 Å². The lowest BCUT2D eigenvalue weighted by Crippen LogP contribution is -2.09. The Morgan fingerprint density at radius 3 is 2.80 bits per heavy atom. The van der Waals surface area contributed by atoms with Gasteiger partial charge in [-0.15, -0.1) is 0 Å². The molecule has 0 bridgehead atoms. The van der Waals surface area contributed by atoms with Gasteiger partial charge in [0.05, 0.1) is 0 Å². The number of hydrogen-bond donors (Lipinski definition) is 2. The highest BCUT2D eigenvalue weighted by atomic mass is 127. The van der Waals surface area contributed by atoms with E-state index >= 15 is 0 Å². The number of nitrogens with zero attached hydrogens (tertiary/aromatic N) is 1. The lowest BCUT2D eigenvalue weighted by atomic mass is 10.6. The predicted molar refractivity (Wildman–Crippen MR) is 50.1 cm³/mol. The lowest BCUT2D eigenvalue weighted by molar-refractivity contribution is -0.107. The fourth-order valence-electron chi connectivity index (χ4n) is 0.197. The molecule has 4 nitrogen and oxygen atoms in total. The maximum absolute atomic E-state index is 10.4. The Balaban J connectivity index is 4.12. The molecule has 10 heavy (non-hydrogen) atoms. The van der Waals surface area contributed by atoms with Crippen molar-refractivity contribution >= 4 is 34.0 Å². The van der Waals surface area contributed by atoms with Crippen molar-refractivity contribution in [2.75, 3.05) is 0 Å². The third kappa shape index (κ3) is 5.46. The van der Waals surface area contributed by atoms with E-state index in [1.165, 1.54) is 13.0 Å². The number of carbonyl (C=O) groups is 1. The first-order chi connectivity index (χ1) is 4.66. The summed E-state index contributed by atoms with van der Waals surface area (Å²) in [5, 5.41) is 3.17. The fraction of sp³-hybridized carbons (Fsp3) is 0.200. The smallest absolute Gasteiger partial charge is 0.191 e. The molecular weight excluding hydrogens is 245 g/mol. The maximum atomic E-state index is 10.4. The van der Waals surface area contributed by atoms with Crippen LogP contribution in [0.4, 0.5) is 0 Å². The fourth-order valence-corrected chi connectivity index (χ4v) is 1.11. The van der Waals surface area contributed by atoms with Gasteiger partial charge in [0.25, 0.3) is 0 Å². The molecule has 0 saturated carbocycles. The molecule has 0 unspecified atom stereocenters. The number of nitrogens with two attached hydrogens (primary N) is 2. The zero-order valence-electron chi connectivity index (χ0n) is 5.47. The van der Waals surface area contributed by atoms with Crippen molar-refractivity contribution in [1.82, 2.24) is 0 Å². The maximum Gasteiger partial charge on any atom is 0.191 e. The van der Waals surface area contributed by atoms with E-state index in [-0.39, 0.29) is 9.63 Å². The second-order valence-corrected chi connectivity index (χ2v) is 4.05. The molecule has 0 spiro atoms. The van der Waals surface area contributed by atoms with Crippen LogP contribution in [0, 0.1) is 0 Å². The van der Waals surface area contributed by atoms with Gasteiger partial charge in [0.15, 0.2) is 9.63 Å². The number of carbonyl (C=O) groups excluding carboxylic acids is 1. The lowest BCUT2D eigenvalue weighted by Gasteiger charge is -1.80. The van der Waals surface area contributed by atoms with E-state index in [9.17, 15) is 4.79 Å². The van der Waals surface area contributed by atoms with Crippen molar-refractivity contribution in [2.45, 2.75) is 6.92 Å². The van der Waals surface area contributed by atoms with Crippen molar-refractivity contribution in [3.63, 3.8) is 0 Å². The van der Waals surface area contributed by atoms with E-state index in [1.807, 2.05) is 0 Å². The Bertz CT molecular complexity index is 215. The summed E-state index contributed by atoms with van der Waals surface area (Å²) < 4.78 is 2.87. The van der Waals surface area contributed by atoms with Crippen LogP contribution in [0.15, 0.2) is 11.2 Å². The third-order valence-electron chi connectivity index (χ3n) is 0.539. The number of halogens is 1. The van der Waals surface area contributed by atoms with Crippen molar-refractivity contribution in [3.8, 4) is 0 Å². The monoisotopic (exact) mass is 253 g/mol. The van der Waals surface area contributed by atoms with E-state index in [4.69, 9.17) is 11.6 Å². The second kappa shape index (κ2) is 5.13. The number of amidine groups is 1. The summed E-state index contributed by atoms with van der Waals surface area (Å²) in [6, 6.07) is 0. The molecular formula is C5H8IN3O. The van der Waals surface area contributed by atoms with Crippen molar-refractivity contribution in [1.29, 1.82) is 0 Å². The van der Waals surface area contributed by atoms with Gasteiger partial charge in [0.2, 0.25) is 0 Å². The average molecular weight is 253 g/mol. The van der Waals surface area contributed by atoms with Crippen LogP contribution in [-0.2, 0) is 4.79 Å². The highest BCUT2D eigenvalue weighted by molar-refractivity contribution is 14.2. The van der Waals surface area contributed by atoms with E-state index in [1.54, 1.807) is 0 Å². The summed E-state index contributed by atoms with van der Waals surface area (Å²) in [6.45, 7) is 1.52. The molecule has 0 heterocycles. The molecule has 0 aliphatic heterocycles. The predicted octanol–water partition coefficient (Wildman–Crippen LogP) is -0.308. The van der Waals surface area contributed by atoms with Crippen molar-refractivity contribution in [2.24, 2.45) is 16.7 Å². The molecule has 0 aliphatic carbocycles. The SMILES string of the molecule is CC(=O)I=C=C/C(N)=N\N. The number of hydrazone groups is 1. The minimum absolute atomic E-state index is 0.139. The molecule has 0 radical (unpaired) electrons. The van der Waals surface area contributed by atoms with Gasteiger partial charge >= 0.3 is 0 Å². The van der Waals surface area contributed by atoms with Gasteiger partial charge in [0.1, 0.15) is 0 Å². The Hall–Kier alpha value is -0.680. The van der Waals surface area contributed by atoms with Crippen LogP contribution >= 0.6 is 20.7 Å². The van der Waals surface area contributed by atoms with E-state index in [0.29, 0.717) is 0 Å². The Kier molecular flexibility index (Phi) is 4.78. The van der Waals surface area contributed by atoms with Crippen LogP contribution in [0.25, 0.3) is 0 Å². The van der Waals surface area contributed by atoms with Crippen LogP contribution in [0.1, 0.15) is 6.92 Å². The summed E-state index contributed by atoms with van der Waals surface area (Å²) in [5.41, 5.74) is 5.17. The number of rotatable bonds is 2. The average Bonchev–Trinajstić information content (AvgIpc) is 1.87. The first kappa shape index (κ1) is 9.32. The largest absolute Gasteiger partial charge is 0.382 e. The highest BCUT2D eigenvalue weighted by Crippen LogP contribution is 1.91. The van der Waals surface area contributed by atoms with Crippen LogP contribution in [0.3, 0.4) is 0 Å². The molecule has 56 valence electrons. The molecule has 0 aromatic carbocycles. The van der Waals surface area contributed by atoms with Crippen LogP contribution in [-0.4, -0.2) is 13.3 Å². The minimum atomic E-state index is -0.635. The van der Waals surface area contributed by atoms with Gasteiger partial charge in [-0.05, 0) is 0 Å². The minimum Gasteiger partial charge on any atom is -0.382 e. The van der Waals surface area contributed by atoms with Gasteiger partial charge in [-0.1, -0.05) is 3.67 Å². The molecule has 0 aromatic rings. The zero-order chi connectivity index (χ0) is 7.98. The van der Waals surface area contributed by atoms with Gasteiger partial charge in [-0.3, -0.25) is 4.79 Å². The van der Waals surface area contributed by atoms with Crippen LogP contribution < -0.4 is 11.6 Å². The summed E-state index contributed by atoms with van der Waals surface area (Å²) in [4.78, 5) is 10.4. The van der Waals surface area contributed by atoms with Gasteiger partial charge in [-0.25, -0.2) is 0 Å². The standard InChI is InChI=1S/C5H8IN3O/c1-4(10)6-3-2-5(7)9-8/h2H,8H2,1H3,(H2,7,9). The topological polar surface area (TPSA) is 81.5 Å². The van der Waals surface area contributed by atoms with E-state index < -0.39 is 20.7 Å². The van der Waals surface area contributed by atoms with E-state index in [0.717, 1.165) is 0 Å². The quantitative estimate of drug-likeness (QED) is 0.177. The van der Waals surface area contributed by atoms with Crippen LogP contribution in [0.2, 0.25) is 0 Å². The molecule has 0 amide bonds. The molecule has 0 rings (SSSR count). The summed E-state index contributed by atoms with van der Waals surface area (Å²) in [7, 11) is 0. The first-order valence-electron chi connectivity index (χ1n) is 2.43. The van der Waals surface area contributed by atoms with Crippen molar-refractivity contribution in [3.05, 3.63) is 6.08 Å². The summed E-state index contributed by atoms with van der Waals surface area (Å²) in [6.07, 6.45) is 1.43. The second-order valence-electron chi connectivity index (χ2n) is 1.37. The van der Waals surface area contributed by atoms with Crippen LogP contribution in [0.5, 0.6) is 0 Å². The third-order valence-corrected chi connectivity index (χ3v) is 1.92. The van der Waals surface area contributed by atoms with Gasteiger partial charge in [0, 0.05) is 33.7 Å². The number of hydrogen-bond acceptors (Lipinski definition) is 3. The van der Waals surface area contributed by atoms with Crippen molar-refractivity contribution < 1.29 is 4.79 Å². The molecule has 5 heteroatoms. The normalized spacial score (nSPS) is 10.3. The summed E-state index contributed by atoms with van der Waals surface area (Å²) in [5.74, 6) is 5.00. The summed E-state index contributed by atoms with van der Waals surface area (Å²) >= 11 is -0.635. The molecule has 4 N–H and O–H groups in total. The molecule has 0 aliphatic rings. The Morgan fingerprint density at radius 1 is 1.80 bits per heavy atom. The van der Waals surface area contributed by atoms with Gasteiger partial charge in [-0.2, -0.15) is 5.10 Å². The zero-order valence-corrected chi connectivity index (χ0v) is 7.62. The Morgan fingerprint density at radius 2 is 2.40 bits per heavy atom. The molecule has 0 aromatic heterocycles. The van der Waals surface area contributed by atoms with Gasteiger partial charge < -0.3 is 11.6 Å². The Labute approximate surface area is 68.7 Å². The molecule has 0 fully saturated rings. The highest BCUT2D eigenvalue weighted by Gasteiger charge is 1.79. The molecule has 0 atom stereocenters. The molecule has 0 saturated heterocycles.